The number of likely N-dealkylation sites (N-methyl/N-ethyl adjacent to an activating group) is 1. The summed E-state index contributed by atoms with van der Waals surface area (Å²) in [5.74, 6) is -0.584. The molecule has 1 unspecified atom stereocenters. The zero-order valence-corrected chi connectivity index (χ0v) is 21.3. The molecule has 3 aromatic rings. The zero-order chi connectivity index (χ0) is 26.8. The molecule has 1 saturated heterocycles. The SMILES string of the molecule is COC(C(=O)N1Cc2c(NC(=O)c3ccc(N4CCN(C)CC4)cc3)nn(C(=O)O)c2C1)c1ccccc1. The molecule has 2 amide bonds. The molecule has 1 aromatic heterocycles. The summed E-state index contributed by atoms with van der Waals surface area (Å²) in [6.07, 6.45) is -2.12. The Labute approximate surface area is 220 Å². The molecule has 0 radical (unpaired) electrons. The third-order valence-corrected chi connectivity index (χ3v) is 7.06. The van der Waals surface area contributed by atoms with Gasteiger partial charge in [0.1, 0.15) is 0 Å². The molecule has 2 aliphatic heterocycles. The average molecular weight is 519 g/mol. The van der Waals surface area contributed by atoms with Crippen molar-refractivity contribution in [3.63, 3.8) is 0 Å². The van der Waals surface area contributed by atoms with Crippen molar-refractivity contribution < 1.29 is 24.2 Å². The number of methoxy groups -OCH3 is 1. The van der Waals surface area contributed by atoms with Crippen LogP contribution in [0.2, 0.25) is 0 Å². The highest BCUT2D eigenvalue weighted by molar-refractivity contribution is 6.04. The van der Waals surface area contributed by atoms with E-state index in [1.807, 2.05) is 30.3 Å². The maximum atomic E-state index is 13.3. The average Bonchev–Trinajstić information content (AvgIpc) is 3.51. The number of amides is 2. The number of carbonyl (C=O) groups excluding carboxylic acids is 2. The first kappa shape index (κ1) is 25.4. The molecule has 0 bridgehead atoms. The van der Waals surface area contributed by atoms with Gasteiger partial charge in [-0.25, -0.2) is 4.79 Å². The van der Waals surface area contributed by atoms with Crippen LogP contribution in [0.5, 0.6) is 0 Å². The Morgan fingerprint density at radius 3 is 2.29 bits per heavy atom. The minimum atomic E-state index is -1.29. The van der Waals surface area contributed by atoms with Crippen molar-refractivity contribution in [2.24, 2.45) is 0 Å². The number of anilines is 2. The number of fused-ring (bicyclic) bond motifs is 1. The number of carboxylic acid groups (broad SMARTS) is 1. The summed E-state index contributed by atoms with van der Waals surface area (Å²) < 4.78 is 6.29. The molecule has 5 rings (SSSR count). The number of hydrogen-bond acceptors (Lipinski definition) is 7. The molecule has 11 nitrogen and oxygen atoms in total. The summed E-state index contributed by atoms with van der Waals surface area (Å²) in [6, 6.07) is 16.4. The molecular weight excluding hydrogens is 488 g/mol. The van der Waals surface area contributed by atoms with E-state index < -0.39 is 18.1 Å². The lowest BCUT2D eigenvalue weighted by atomic mass is 10.1. The van der Waals surface area contributed by atoms with Crippen LogP contribution in [0.15, 0.2) is 54.6 Å². The lowest BCUT2D eigenvalue weighted by molar-refractivity contribution is -0.143. The first-order valence-electron chi connectivity index (χ1n) is 12.4. The van der Waals surface area contributed by atoms with Crippen molar-refractivity contribution in [2.75, 3.05) is 50.6 Å². The van der Waals surface area contributed by atoms with Gasteiger partial charge < -0.3 is 29.9 Å². The highest BCUT2D eigenvalue weighted by Crippen LogP contribution is 2.32. The maximum Gasteiger partial charge on any atom is 0.432 e. The maximum absolute atomic E-state index is 13.3. The molecule has 0 aliphatic carbocycles. The minimum Gasteiger partial charge on any atom is -0.463 e. The van der Waals surface area contributed by atoms with Crippen LogP contribution >= 0.6 is 0 Å². The van der Waals surface area contributed by atoms with E-state index in [9.17, 15) is 19.5 Å². The summed E-state index contributed by atoms with van der Waals surface area (Å²) in [5, 5.41) is 16.6. The Balaban J connectivity index is 1.32. The van der Waals surface area contributed by atoms with Gasteiger partial charge in [-0.15, -0.1) is 5.10 Å². The Bertz CT molecular complexity index is 1330. The fraction of sp³-hybridized carbons (Fsp3) is 0.333. The van der Waals surface area contributed by atoms with Gasteiger partial charge in [-0.2, -0.15) is 4.68 Å². The Hall–Kier alpha value is -4.22. The van der Waals surface area contributed by atoms with Crippen LogP contribution in [0.1, 0.15) is 33.3 Å². The standard InChI is InChI=1S/C27H30N6O5/c1-30-12-14-31(15-13-30)20-10-8-19(9-11-20)25(34)28-24-21-16-32(17-22(21)33(29-24)27(36)37)26(35)23(38-2)18-6-4-3-5-7-18/h3-11,23H,12-17H2,1-2H3,(H,36,37)(H,28,29,34). The van der Waals surface area contributed by atoms with E-state index in [2.05, 4.69) is 27.3 Å². The number of hydrogen-bond donors (Lipinski definition) is 2. The summed E-state index contributed by atoms with van der Waals surface area (Å²) in [5.41, 5.74) is 3.01. The van der Waals surface area contributed by atoms with Crippen LogP contribution in [0.3, 0.4) is 0 Å². The van der Waals surface area contributed by atoms with E-state index in [1.54, 1.807) is 24.3 Å². The van der Waals surface area contributed by atoms with Crippen molar-refractivity contribution in [1.29, 1.82) is 0 Å². The molecule has 0 spiro atoms. The van der Waals surface area contributed by atoms with Crippen molar-refractivity contribution in [2.45, 2.75) is 19.2 Å². The van der Waals surface area contributed by atoms with Crippen LogP contribution < -0.4 is 10.2 Å². The number of nitrogens with zero attached hydrogens (tertiary/aromatic N) is 5. The first-order valence-corrected chi connectivity index (χ1v) is 12.4. The van der Waals surface area contributed by atoms with E-state index in [-0.39, 0.29) is 24.8 Å². The van der Waals surface area contributed by atoms with Crippen molar-refractivity contribution in [1.82, 2.24) is 19.6 Å². The van der Waals surface area contributed by atoms with Gasteiger partial charge in [0.2, 0.25) is 0 Å². The second-order valence-corrected chi connectivity index (χ2v) is 9.48. The summed E-state index contributed by atoms with van der Waals surface area (Å²) in [4.78, 5) is 44.3. The molecule has 2 aliphatic rings. The van der Waals surface area contributed by atoms with Crippen molar-refractivity contribution in [3.8, 4) is 0 Å². The Morgan fingerprint density at radius 2 is 1.66 bits per heavy atom. The van der Waals surface area contributed by atoms with Gasteiger partial charge in [0.05, 0.1) is 18.8 Å². The molecule has 198 valence electrons. The van der Waals surface area contributed by atoms with Gasteiger partial charge in [-0.3, -0.25) is 9.59 Å². The number of nitrogens with one attached hydrogen (secondary N) is 1. The van der Waals surface area contributed by atoms with Gasteiger partial charge in [0.25, 0.3) is 11.8 Å². The second-order valence-electron chi connectivity index (χ2n) is 9.48. The summed E-state index contributed by atoms with van der Waals surface area (Å²) in [7, 11) is 3.56. The molecule has 1 atom stereocenters. The second kappa shape index (κ2) is 10.6. The van der Waals surface area contributed by atoms with E-state index in [4.69, 9.17) is 4.74 Å². The highest BCUT2D eigenvalue weighted by Gasteiger charge is 2.36. The fourth-order valence-electron chi connectivity index (χ4n) is 4.90. The largest absolute Gasteiger partial charge is 0.463 e. The summed E-state index contributed by atoms with van der Waals surface area (Å²) >= 11 is 0. The number of ether oxygens (including phenoxy) is 1. The molecular formula is C27H30N6O5. The van der Waals surface area contributed by atoms with Gasteiger partial charge in [-0.05, 0) is 36.9 Å². The smallest absolute Gasteiger partial charge is 0.432 e. The van der Waals surface area contributed by atoms with Crippen molar-refractivity contribution in [3.05, 3.63) is 77.0 Å². The molecule has 11 heteroatoms. The third-order valence-electron chi connectivity index (χ3n) is 7.06. The van der Waals surface area contributed by atoms with Crippen LogP contribution in [0.25, 0.3) is 0 Å². The predicted molar refractivity (Wildman–Crippen MR) is 140 cm³/mol. The molecule has 1 fully saturated rings. The molecule has 0 saturated carbocycles. The normalized spacial score (nSPS) is 16.3. The van der Waals surface area contributed by atoms with E-state index in [1.165, 1.54) is 12.0 Å². The van der Waals surface area contributed by atoms with E-state index in [0.29, 0.717) is 22.4 Å². The zero-order valence-electron chi connectivity index (χ0n) is 21.3. The minimum absolute atomic E-state index is 0.0375. The quantitative estimate of drug-likeness (QED) is 0.511. The van der Waals surface area contributed by atoms with Crippen LogP contribution in [0.4, 0.5) is 16.3 Å². The monoisotopic (exact) mass is 518 g/mol. The lowest BCUT2D eigenvalue weighted by Crippen LogP contribution is -2.44. The van der Waals surface area contributed by atoms with E-state index in [0.717, 1.165) is 36.5 Å². The Morgan fingerprint density at radius 1 is 0.974 bits per heavy atom. The predicted octanol–water partition coefficient (Wildman–Crippen LogP) is 2.64. The number of piperazine rings is 1. The third kappa shape index (κ3) is 4.98. The molecule has 3 heterocycles. The fourth-order valence-corrected chi connectivity index (χ4v) is 4.90. The van der Waals surface area contributed by atoms with Gasteiger partial charge in [0.15, 0.2) is 11.9 Å². The first-order chi connectivity index (χ1) is 18.4. The van der Waals surface area contributed by atoms with Crippen LogP contribution in [0, 0.1) is 0 Å². The highest BCUT2D eigenvalue weighted by atomic mass is 16.5. The topological polar surface area (TPSA) is 120 Å². The van der Waals surface area contributed by atoms with Crippen LogP contribution in [-0.2, 0) is 22.6 Å². The van der Waals surface area contributed by atoms with Gasteiger partial charge in [-0.1, -0.05) is 30.3 Å². The van der Waals surface area contributed by atoms with E-state index >= 15 is 0 Å². The number of carbonyl (C=O) groups is 3. The van der Waals surface area contributed by atoms with Gasteiger partial charge >= 0.3 is 6.09 Å². The van der Waals surface area contributed by atoms with Gasteiger partial charge in [0, 0.05) is 50.1 Å². The Kier molecular flexibility index (Phi) is 7.12. The molecule has 2 N–H and O–H groups in total. The summed E-state index contributed by atoms with van der Waals surface area (Å²) in [6.45, 7) is 3.95. The number of rotatable bonds is 6. The number of aromatic nitrogens is 2. The molecule has 2 aromatic carbocycles. The van der Waals surface area contributed by atoms with Crippen molar-refractivity contribution >= 4 is 29.4 Å². The number of benzene rings is 2. The van der Waals surface area contributed by atoms with Crippen LogP contribution in [-0.4, -0.2) is 82.9 Å². The lowest BCUT2D eigenvalue weighted by Gasteiger charge is -2.34. The molecule has 38 heavy (non-hydrogen) atoms.